The lowest BCUT2D eigenvalue weighted by Gasteiger charge is -2.58. The highest BCUT2D eigenvalue weighted by molar-refractivity contribution is 5.25. The molecule has 1 unspecified atom stereocenters. The summed E-state index contributed by atoms with van der Waals surface area (Å²) in [5.41, 5.74) is 3.54. The predicted molar refractivity (Wildman–Crippen MR) is 125 cm³/mol. The van der Waals surface area contributed by atoms with Crippen molar-refractivity contribution < 1.29 is 9.84 Å². The fourth-order valence-electron chi connectivity index (χ4n) is 8.49. The normalized spacial score (nSPS) is 42.7. The summed E-state index contributed by atoms with van der Waals surface area (Å²) in [6.07, 6.45) is 14.1. The van der Waals surface area contributed by atoms with Crippen molar-refractivity contribution >= 4 is 0 Å². The number of aryl methyl sites for hydroxylation is 1. The Morgan fingerprint density at radius 3 is 2.74 bits per heavy atom. The zero-order valence-electron chi connectivity index (χ0n) is 19.9. The van der Waals surface area contributed by atoms with Gasteiger partial charge in [0.15, 0.2) is 0 Å². The number of allylic oxidation sites excluding steroid dienone is 1. The molecule has 4 aliphatic carbocycles. The molecule has 1 aromatic heterocycles. The van der Waals surface area contributed by atoms with Crippen molar-refractivity contribution in [1.29, 1.82) is 0 Å². The van der Waals surface area contributed by atoms with Gasteiger partial charge in [0.1, 0.15) is 0 Å². The van der Waals surface area contributed by atoms with Crippen molar-refractivity contribution in [3.8, 4) is 5.88 Å². The second kappa shape index (κ2) is 7.90. The predicted octanol–water partition coefficient (Wildman–Crippen LogP) is 6.34. The van der Waals surface area contributed by atoms with Crippen molar-refractivity contribution in [1.82, 2.24) is 4.98 Å². The van der Waals surface area contributed by atoms with E-state index >= 15 is 0 Å². The third kappa shape index (κ3) is 3.56. The minimum absolute atomic E-state index is 0.107. The van der Waals surface area contributed by atoms with Gasteiger partial charge in [0, 0.05) is 12.3 Å². The van der Waals surface area contributed by atoms with Crippen LogP contribution in [0.1, 0.15) is 77.7 Å². The van der Waals surface area contributed by atoms with E-state index < -0.39 is 0 Å². The SMILES string of the molecule is Cc1ccc(OCC(C)[C@H]2CC[C@H]3[C@@H]4CC=C5C[C@@H](O)CC[C@]5(C)[C@H]4CC[C@]23C)nc1. The number of ether oxygens (including phenoxy) is 1. The lowest BCUT2D eigenvalue weighted by Crippen LogP contribution is -2.51. The van der Waals surface area contributed by atoms with Crippen LogP contribution in [0.15, 0.2) is 30.0 Å². The number of aromatic nitrogens is 1. The van der Waals surface area contributed by atoms with Gasteiger partial charge in [0.25, 0.3) is 0 Å². The molecule has 5 rings (SSSR count). The van der Waals surface area contributed by atoms with Gasteiger partial charge >= 0.3 is 0 Å². The van der Waals surface area contributed by atoms with Gasteiger partial charge in [-0.3, -0.25) is 0 Å². The number of rotatable bonds is 4. The summed E-state index contributed by atoms with van der Waals surface area (Å²) in [6.45, 7) is 10.4. The number of hydrogen-bond acceptors (Lipinski definition) is 3. The molecule has 0 aliphatic heterocycles. The molecular formula is C28H41NO2. The van der Waals surface area contributed by atoms with Crippen LogP contribution >= 0.6 is 0 Å². The van der Waals surface area contributed by atoms with Crippen LogP contribution in [-0.4, -0.2) is 22.8 Å². The van der Waals surface area contributed by atoms with Crippen LogP contribution < -0.4 is 4.74 Å². The van der Waals surface area contributed by atoms with E-state index in [9.17, 15) is 5.11 Å². The monoisotopic (exact) mass is 423 g/mol. The Bertz CT molecular complexity index is 832. The minimum Gasteiger partial charge on any atom is -0.477 e. The van der Waals surface area contributed by atoms with Gasteiger partial charge in [-0.1, -0.05) is 38.5 Å². The molecule has 0 radical (unpaired) electrons. The molecule has 4 aliphatic rings. The number of aliphatic hydroxyl groups excluding tert-OH is 1. The van der Waals surface area contributed by atoms with E-state index in [0.717, 1.165) is 49.0 Å². The molecule has 1 aromatic rings. The number of hydrogen-bond donors (Lipinski definition) is 1. The molecule has 170 valence electrons. The summed E-state index contributed by atoms with van der Waals surface area (Å²) < 4.78 is 6.12. The third-order valence-electron chi connectivity index (χ3n) is 10.2. The van der Waals surface area contributed by atoms with Crippen LogP contribution in [0.25, 0.3) is 0 Å². The molecule has 8 atom stereocenters. The molecule has 1 N–H and O–H groups in total. The maximum atomic E-state index is 10.2. The zero-order valence-corrected chi connectivity index (χ0v) is 19.9. The van der Waals surface area contributed by atoms with Crippen LogP contribution in [0, 0.1) is 47.3 Å². The Morgan fingerprint density at radius 1 is 1.13 bits per heavy atom. The highest BCUT2D eigenvalue weighted by atomic mass is 16.5. The van der Waals surface area contributed by atoms with Gasteiger partial charge < -0.3 is 9.84 Å². The molecule has 3 heteroatoms. The Balaban J connectivity index is 1.30. The lowest BCUT2D eigenvalue weighted by molar-refractivity contribution is -0.0592. The number of fused-ring (bicyclic) bond motifs is 5. The van der Waals surface area contributed by atoms with Crippen LogP contribution in [-0.2, 0) is 0 Å². The molecule has 31 heavy (non-hydrogen) atoms. The fraction of sp³-hybridized carbons (Fsp3) is 0.750. The second-order valence-corrected chi connectivity index (χ2v) is 11.8. The number of pyridine rings is 1. The van der Waals surface area contributed by atoms with E-state index in [1.165, 1.54) is 44.1 Å². The van der Waals surface area contributed by atoms with E-state index in [1.807, 2.05) is 12.3 Å². The molecule has 0 aromatic carbocycles. The Labute approximate surface area is 188 Å². The van der Waals surface area contributed by atoms with Gasteiger partial charge in [-0.15, -0.1) is 0 Å². The van der Waals surface area contributed by atoms with Crippen molar-refractivity contribution in [2.24, 2.45) is 40.4 Å². The first kappa shape index (κ1) is 21.5. The van der Waals surface area contributed by atoms with Gasteiger partial charge in [-0.2, -0.15) is 0 Å². The highest BCUT2D eigenvalue weighted by Gasteiger charge is 2.59. The van der Waals surface area contributed by atoms with Gasteiger partial charge in [0.05, 0.1) is 12.7 Å². The van der Waals surface area contributed by atoms with Crippen LogP contribution in [0.4, 0.5) is 0 Å². The molecule has 0 spiro atoms. The maximum absolute atomic E-state index is 10.2. The van der Waals surface area contributed by atoms with Crippen molar-refractivity contribution in [2.45, 2.75) is 85.2 Å². The molecule has 0 amide bonds. The first-order valence-corrected chi connectivity index (χ1v) is 12.7. The Kier molecular flexibility index (Phi) is 5.48. The van der Waals surface area contributed by atoms with Gasteiger partial charge in [-0.25, -0.2) is 4.98 Å². The summed E-state index contributed by atoms with van der Waals surface area (Å²) in [6, 6.07) is 4.08. The summed E-state index contributed by atoms with van der Waals surface area (Å²) in [5, 5.41) is 10.2. The van der Waals surface area contributed by atoms with Crippen LogP contribution in [0.2, 0.25) is 0 Å². The van der Waals surface area contributed by atoms with Crippen molar-refractivity contribution in [3.05, 3.63) is 35.5 Å². The van der Waals surface area contributed by atoms with E-state index in [2.05, 4.69) is 44.8 Å². The quantitative estimate of drug-likeness (QED) is 0.574. The molecule has 0 saturated heterocycles. The van der Waals surface area contributed by atoms with E-state index in [0.29, 0.717) is 16.7 Å². The third-order valence-corrected chi connectivity index (χ3v) is 10.2. The maximum Gasteiger partial charge on any atom is 0.213 e. The molecule has 3 fully saturated rings. The second-order valence-electron chi connectivity index (χ2n) is 11.8. The van der Waals surface area contributed by atoms with Crippen molar-refractivity contribution in [3.63, 3.8) is 0 Å². The lowest BCUT2D eigenvalue weighted by atomic mass is 9.47. The zero-order chi connectivity index (χ0) is 21.8. The standard InChI is InChI=1S/C28H41NO2/c1-18-5-10-26(29-16-18)31-17-19(2)23-8-9-24-22-7-6-20-15-21(30)11-13-27(20,3)25(22)12-14-28(23,24)4/h5-6,10,16,19,21-25,30H,7-9,11-15,17H2,1-4H3/t19?,21-,22-,23+,24-,25-,27-,28+/m0/s1. The summed E-state index contributed by atoms with van der Waals surface area (Å²) >= 11 is 0. The van der Waals surface area contributed by atoms with Crippen LogP contribution in [0.5, 0.6) is 5.88 Å². The topological polar surface area (TPSA) is 42.4 Å². The molecule has 1 heterocycles. The highest BCUT2D eigenvalue weighted by Crippen LogP contribution is 2.67. The molecule has 0 bridgehead atoms. The number of aliphatic hydroxyl groups is 1. The van der Waals surface area contributed by atoms with Gasteiger partial charge in [0.2, 0.25) is 5.88 Å². The smallest absolute Gasteiger partial charge is 0.213 e. The average molecular weight is 424 g/mol. The average Bonchev–Trinajstić information content (AvgIpc) is 3.11. The summed E-state index contributed by atoms with van der Waals surface area (Å²) in [5.74, 6) is 4.57. The molecule has 3 saturated carbocycles. The Hall–Kier alpha value is -1.35. The summed E-state index contributed by atoms with van der Waals surface area (Å²) in [7, 11) is 0. The minimum atomic E-state index is -0.107. The molecular weight excluding hydrogens is 382 g/mol. The van der Waals surface area contributed by atoms with E-state index in [1.54, 1.807) is 5.57 Å². The first-order valence-electron chi connectivity index (χ1n) is 12.7. The van der Waals surface area contributed by atoms with Crippen molar-refractivity contribution in [2.75, 3.05) is 6.61 Å². The van der Waals surface area contributed by atoms with E-state index in [4.69, 9.17) is 4.74 Å². The number of nitrogens with zero attached hydrogens (tertiary/aromatic N) is 1. The molecule has 3 nitrogen and oxygen atoms in total. The van der Waals surface area contributed by atoms with Crippen LogP contribution in [0.3, 0.4) is 0 Å². The summed E-state index contributed by atoms with van der Waals surface area (Å²) in [4.78, 5) is 4.43. The van der Waals surface area contributed by atoms with Gasteiger partial charge in [-0.05, 0) is 104 Å². The first-order chi connectivity index (χ1) is 14.8. The largest absolute Gasteiger partial charge is 0.477 e. The Morgan fingerprint density at radius 2 is 1.97 bits per heavy atom. The van der Waals surface area contributed by atoms with E-state index in [-0.39, 0.29) is 6.10 Å². The fourth-order valence-corrected chi connectivity index (χ4v) is 8.49.